The Kier molecular flexibility index (Phi) is 5.35. The van der Waals surface area contributed by atoms with E-state index in [0.717, 1.165) is 12.1 Å². The smallest absolute Gasteiger partial charge is 0.347 e. The molecule has 3 fully saturated rings. The quantitative estimate of drug-likeness (QED) is 0.501. The molecule has 3 saturated carbocycles. The maximum Gasteiger partial charge on any atom is 0.416 e. The molecule has 0 heterocycles. The SMILES string of the molecule is CSNc1ccc(C(F)(F)F)cc1C(=O)NC12CCC(C(F)F)(CC1)CC2. The summed E-state index contributed by atoms with van der Waals surface area (Å²) in [6.45, 7) is 0. The van der Waals surface area contributed by atoms with E-state index in [2.05, 4.69) is 10.0 Å². The second kappa shape index (κ2) is 7.14. The number of fused-ring (bicyclic) bond motifs is 3. The van der Waals surface area contributed by atoms with E-state index in [1.54, 1.807) is 6.26 Å². The fourth-order valence-electron chi connectivity index (χ4n) is 4.15. The molecule has 9 heteroatoms. The largest absolute Gasteiger partial charge is 0.416 e. The van der Waals surface area contributed by atoms with E-state index >= 15 is 0 Å². The van der Waals surface area contributed by atoms with Gasteiger partial charge in [0.05, 0.1) is 16.8 Å². The predicted octanol–water partition coefficient (Wildman–Crippen LogP) is 5.48. The Morgan fingerprint density at radius 3 is 2.19 bits per heavy atom. The van der Waals surface area contributed by atoms with Crippen LogP contribution in [0.15, 0.2) is 18.2 Å². The second-order valence-corrected chi connectivity index (χ2v) is 8.07. The maximum atomic E-state index is 13.3. The number of alkyl halides is 5. The Bertz CT molecular complexity index is 698. The van der Waals surface area contributed by atoms with Gasteiger partial charge in [-0.05, 0) is 56.7 Å². The van der Waals surface area contributed by atoms with Crippen molar-refractivity contribution in [1.29, 1.82) is 0 Å². The molecule has 3 nitrogen and oxygen atoms in total. The average Bonchev–Trinajstić information content (AvgIpc) is 2.62. The van der Waals surface area contributed by atoms with Crippen LogP contribution in [-0.2, 0) is 6.18 Å². The van der Waals surface area contributed by atoms with E-state index in [1.165, 1.54) is 18.0 Å². The van der Waals surface area contributed by atoms with Gasteiger partial charge in [0.2, 0.25) is 6.43 Å². The molecule has 3 aliphatic carbocycles. The first-order chi connectivity index (χ1) is 12.6. The summed E-state index contributed by atoms with van der Waals surface area (Å²) in [5.74, 6) is -0.607. The predicted molar refractivity (Wildman–Crippen MR) is 94.9 cm³/mol. The molecule has 150 valence electrons. The van der Waals surface area contributed by atoms with Crippen LogP contribution in [0, 0.1) is 5.41 Å². The van der Waals surface area contributed by atoms with Gasteiger partial charge in [-0.25, -0.2) is 8.78 Å². The summed E-state index contributed by atoms with van der Waals surface area (Å²) in [5, 5.41) is 2.87. The highest BCUT2D eigenvalue weighted by atomic mass is 32.2. The first-order valence-electron chi connectivity index (χ1n) is 8.72. The lowest BCUT2D eigenvalue weighted by atomic mass is 9.57. The number of hydrogen-bond acceptors (Lipinski definition) is 3. The molecule has 0 aromatic heterocycles. The summed E-state index contributed by atoms with van der Waals surface area (Å²) in [6, 6.07) is 2.99. The molecule has 3 aliphatic rings. The Morgan fingerprint density at radius 2 is 1.70 bits per heavy atom. The molecule has 27 heavy (non-hydrogen) atoms. The highest BCUT2D eigenvalue weighted by molar-refractivity contribution is 7.99. The van der Waals surface area contributed by atoms with E-state index < -0.39 is 35.0 Å². The van der Waals surface area contributed by atoms with Gasteiger partial charge in [0.25, 0.3) is 5.91 Å². The highest BCUT2D eigenvalue weighted by Crippen LogP contribution is 2.55. The maximum absolute atomic E-state index is 13.3. The number of halogens is 5. The molecular formula is C18H21F5N2OS. The van der Waals surface area contributed by atoms with Gasteiger partial charge in [0.1, 0.15) is 0 Å². The molecule has 1 amide bonds. The van der Waals surface area contributed by atoms with Crippen molar-refractivity contribution in [3.8, 4) is 0 Å². The summed E-state index contributed by atoms with van der Waals surface area (Å²) < 4.78 is 68.6. The van der Waals surface area contributed by atoms with Crippen molar-refractivity contribution in [2.24, 2.45) is 5.41 Å². The van der Waals surface area contributed by atoms with Crippen LogP contribution in [0.2, 0.25) is 0 Å². The van der Waals surface area contributed by atoms with Crippen LogP contribution in [-0.4, -0.2) is 24.1 Å². The van der Waals surface area contributed by atoms with Gasteiger partial charge < -0.3 is 10.0 Å². The Morgan fingerprint density at radius 1 is 1.11 bits per heavy atom. The van der Waals surface area contributed by atoms with Gasteiger partial charge in [-0.2, -0.15) is 13.2 Å². The molecule has 0 spiro atoms. The van der Waals surface area contributed by atoms with E-state index in [0.29, 0.717) is 38.5 Å². The molecule has 0 radical (unpaired) electrons. The number of carbonyl (C=O) groups is 1. The number of hydrogen-bond donors (Lipinski definition) is 2. The fraction of sp³-hybridized carbons (Fsp3) is 0.611. The summed E-state index contributed by atoms with van der Waals surface area (Å²) >= 11 is 1.17. The van der Waals surface area contributed by atoms with Crippen LogP contribution in [0.1, 0.15) is 54.4 Å². The zero-order chi connectivity index (χ0) is 19.9. The molecular weight excluding hydrogens is 387 g/mol. The number of rotatable bonds is 5. The van der Waals surface area contributed by atoms with Crippen molar-refractivity contribution in [2.45, 2.75) is 56.7 Å². The van der Waals surface area contributed by atoms with Crippen molar-refractivity contribution in [1.82, 2.24) is 5.32 Å². The third-order valence-corrected chi connectivity index (χ3v) is 6.37. The minimum Gasteiger partial charge on any atom is -0.347 e. The summed E-state index contributed by atoms with van der Waals surface area (Å²) in [7, 11) is 0. The molecule has 4 rings (SSSR count). The van der Waals surface area contributed by atoms with Crippen LogP contribution in [0.25, 0.3) is 0 Å². The molecule has 1 aromatic rings. The number of anilines is 1. The molecule has 1 aromatic carbocycles. The summed E-state index contributed by atoms with van der Waals surface area (Å²) in [6.07, 6.45) is -3.00. The standard InChI is InChI=1S/C18H21F5N2OS/c1-27-25-13-3-2-11(18(21,22)23)10-12(13)14(26)24-17-7-4-16(5-8-17,6-9-17)15(19)20/h2-3,10,15,25H,4-9H2,1H3,(H,24,26). The lowest BCUT2D eigenvalue weighted by Gasteiger charge is -2.53. The number of nitrogens with one attached hydrogen (secondary N) is 2. The Hall–Kier alpha value is -1.51. The topological polar surface area (TPSA) is 41.1 Å². The molecule has 0 saturated heterocycles. The van der Waals surface area contributed by atoms with Crippen LogP contribution in [0.4, 0.5) is 27.6 Å². The van der Waals surface area contributed by atoms with Crippen LogP contribution < -0.4 is 10.0 Å². The van der Waals surface area contributed by atoms with Crippen molar-refractivity contribution in [3.05, 3.63) is 29.3 Å². The second-order valence-electron chi connectivity index (χ2n) is 7.46. The Labute approximate surface area is 158 Å². The molecule has 0 unspecified atom stereocenters. The third-order valence-electron chi connectivity index (χ3n) is 5.95. The van der Waals surface area contributed by atoms with Gasteiger partial charge in [0, 0.05) is 17.2 Å². The van der Waals surface area contributed by atoms with Gasteiger partial charge in [-0.1, -0.05) is 11.9 Å². The van der Waals surface area contributed by atoms with E-state index in [1.807, 2.05) is 0 Å². The van der Waals surface area contributed by atoms with E-state index in [4.69, 9.17) is 0 Å². The molecule has 2 bridgehead atoms. The monoisotopic (exact) mass is 408 g/mol. The molecule has 0 aliphatic heterocycles. The van der Waals surface area contributed by atoms with Crippen molar-refractivity contribution in [2.75, 3.05) is 11.0 Å². The number of carbonyl (C=O) groups excluding carboxylic acids is 1. The lowest BCUT2D eigenvalue weighted by molar-refractivity contribution is -0.137. The third kappa shape index (κ3) is 3.88. The van der Waals surface area contributed by atoms with E-state index in [9.17, 15) is 26.7 Å². The first-order valence-corrected chi connectivity index (χ1v) is 9.94. The zero-order valence-electron chi connectivity index (χ0n) is 14.8. The highest BCUT2D eigenvalue weighted by Gasteiger charge is 2.53. The van der Waals surface area contributed by atoms with Crippen molar-refractivity contribution < 1.29 is 26.7 Å². The first kappa shape index (κ1) is 20.2. The summed E-state index contributed by atoms with van der Waals surface area (Å²) in [4.78, 5) is 12.8. The van der Waals surface area contributed by atoms with Gasteiger partial charge in [-0.3, -0.25) is 4.79 Å². The molecule has 0 atom stereocenters. The van der Waals surface area contributed by atoms with E-state index in [-0.39, 0.29) is 11.3 Å². The van der Waals surface area contributed by atoms with Gasteiger partial charge >= 0.3 is 6.18 Å². The lowest BCUT2D eigenvalue weighted by Crippen LogP contribution is -2.58. The van der Waals surface area contributed by atoms with Gasteiger partial charge in [0.15, 0.2) is 0 Å². The zero-order valence-corrected chi connectivity index (χ0v) is 15.6. The normalized spacial score (nSPS) is 27.7. The number of amides is 1. The number of benzene rings is 1. The van der Waals surface area contributed by atoms with Crippen LogP contribution >= 0.6 is 11.9 Å². The Balaban J connectivity index is 1.82. The fourth-order valence-corrected chi connectivity index (χ4v) is 4.54. The molecule has 2 N–H and O–H groups in total. The average molecular weight is 408 g/mol. The van der Waals surface area contributed by atoms with Crippen LogP contribution in [0.5, 0.6) is 0 Å². The minimum atomic E-state index is -4.56. The van der Waals surface area contributed by atoms with Gasteiger partial charge in [-0.15, -0.1) is 0 Å². The van der Waals surface area contributed by atoms with Crippen molar-refractivity contribution in [3.63, 3.8) is 0 Å². The van der Waals surface area contributed by atoms with Crippen LogP contribution in [0.3, 0.4) is 0 Å². The minimum absolute atomic E-state index is 0.0928. The van der Waals surface area contributed by atoms with Crippen molar-refractivity contribution >= 4 is 23.5 Å². The summed E-state index contributed by atoms with van der Waals surface area (Å²) in [5.41, 5.74) is -2.28.